The molecule has 0 bridgehead atoms. The van der Waals surface area contributed by atoms with E-state index >= 15 is 0 Å². The van der Waals surface area contributed by atoms with Gasteiger partial charge in [0, 0.05) is 28.2 Å². The molecular formula is C49H64ClFN4O4. The second-order valence-corrected chi connectivity index (χ2v) is 17.3. The zero-order valence-electron chi connectivity index (χ0n) is 35.8. The van der Waals surface area contributed by atoms with E-state index in [1.54, 1.807) is 36.4 Å². The van der Waals surface area contributed by atoms with Crippen molar-refractivity contribution in [2.45, 2.75) is 114 Å². The number of carbonyl (C=O) groups excluding carboxylic acids is 2. The Morgan fingerprint density at radius 3 is 1.90 bits per heavy atom. The molecular weight excluding hydrogens is 763 g/mol. The molecule has 4 aromatic rings. The number of halogens is 2. The molecule has 0 aliphatic heterocycles. The molecule has 0 saturated heterocycles. The van der Waals surface area contributed by atoms with Crippen LogP contribution in [0.25, 0.3) is 0 Å². The molecule has 8 nitrogen and oxygen atoms in total. The standard InChI is InChI=1S/C26H36N2O2.C23H28ClFN2O2/c1-5-24(30-23-13-7-6-8-14-23)25(29)27-22-15-17-26(18-16-22,28(3)4)19-21-12-10-9-11-20(21)2;1-27(2)23(15-17-4-3-5-19(25)14-17)12-10-20(11-13-23)26-22(28)16-29-21-8-6-18(24)7-9-21/h6-14,22,24H,5,15-19H2,1-4H3,(H,27,29);3-9,14,20H,10-13,15-16H2,1-2H3,(H,26,28). The summed E-state index contributed by atoms with van der Waals surface area (Å²) in [4.78, 5) is 29.7. The average molecular weight is 828 g/mol. The van der Waals surface area contributed by atoms with Crippen LogP contribution in [0.5, 0.6) is 11.5 Å². The monoisotopic (exact) mass is 826 g/mol. The maximum atomic E-state index is 13.6. The van der Waals surface area contributed by atoms with Gasteiger partial charge in [0.05, 0.1) is 0 Å². The summed E-state index contributed by atoms with van der Waals surface area (Å²) in [5.74, 6) is 1.05. The molecule has 0 heterocycles. The van der Waals surface area contributed by atoms with Gasteiger partial charge in [-0.3, -0.25) is 9.59 Å². The normalized spacial score (nSPS) is 22.1. The maximum Gasteiger partial charge on any atom is 0.261 e. The first-order valence-corrected chi connectivity index (χ1v) is 21.5. The smallest absolute Gasteiger partial charge is 0.261 e. The van der Waals surface area contributed by atoms with Crippen molar-refractivity contribution in [3.63, 3.8) is 0 Å². The Balaban J connectivity index is 0.000000224. The van der Waals surface area contributed by atoms with E-state index in [2.05, 4.69) is 79.8 Å². The number of benzene rings is 4. The minimum absolute atomic E-state index is 0.00242. The van der Waals surface area contributed by atoms with E-state index in [9.17, 15) is 14.0 Å². The minimum Gasteiger partial charge on any atom is -0.484 e. The fourth-order valence-electron chi connectivity index (χ4n) is 8.58. The summed E-state index contributed by atoms with van der Waals surface area (Å²) in [5, 5.41) is 6.97. The van der Waals surface area contributed by atoms with Crippen LogP contribution in [0.2, 0.25) is 5.02 Å². The lowest BCUT2D eigenvalue weighted by molar-refractivity contribution is -0.129. The van der Waals surface area contributed by atoms with E-state index in [1.807, 2.05) is 43.3 Å². The number of nitrogens with zero attached hydrogens (tertiary/aromatic N) is 2. The number of hydrogen-bond donors (Lipinski definition) is 2. The van der Waals surface area contributed by atoms with E-state index in [0.717, 1.165) is 75.5 Å². The summed E-state index contributed by atoms with van der Waals surface area (Å²) in [6.45, 7) is 4.18. The largest absolute Gasteiger partial charge is 0.484 e. The molecule has 2 aliphatic rings. The Bertz CT molecular complexity index is 1910. The van der Waals surface area contributed by atoms with Crippen molar-refractivity contribution in [3.8, 4) is 11.5 Å². The van der Waals surface area contributed by atoms with E-state index in [1.165, 1.54) is 17.2 Å². The van der Waals surface area contributed by atoms with Crippen LogP contribution in [0.15, 0.2) is 103 Å². The predicted octanol–water partition coefficient (Wildman–Crippen LogP) is 9.21. The molecule has 2 amide bonds. The van der Waals surface area contributed by atoms with Gasteiger partial charge >= 0.3 is 0 Å². The number of ether oxygens (including phenoxy) is 2. The van der Waals surface area contributed by atoms with Crippen molar-refractivity contribution in [2.24, 2.45) is 0 Å². The van der Waals surface area contributed by atoms with Gasteiger partial charge in [0.2, 0.25) is 0 Å². The number of aryl methyl sites for hydroxylation is 1. The summed E-state index contributed by atoms with van der Waals surface area (Å²) in [6, 6.07) is 32.4. The topological polar surface area (TPSA) is 83.1 Å². The number of hydrogen-bond acceptors (Lipinski definition) is 6. The van der Waals surface area contributed by atoms with Crippen LogP contribution in [0.3, 0.4) is 0 Å². The third kappa shape index (κ3) is 13.3. The highest BCUT2D eigenvalue weighted by molar-refractivity contribution is 6.30. The van der Waals surface area contributed by atoms with Gasteiger partial charge < -0.3 is 29.9 Å². The number of rotatable bonds is 15. The maximum absolute atomic E-state index is 13.6. The zero-order chi connectivity index (χ0) is 42.4. The second kappa shape index (κ2) is 21.7. The number of amides is 2. The molecule has 2 saturated carbocycles. The summed E-state index contributed by atoms with van der Waals surface area (Å²) < 4.78 is 25.0. The van der Waals surface area contributed by atoms with E-state index < -0.39 is 6.10 Å². The van der Waals surface area contributed by atoms with Crippen LogP contribution < -0.4 is 20.1 Å². The second-order valence-electron chi connectivity index (χ2n) is 16.8. The lowest BCUT2D eigenvalue weighted by Crippen LogP contribution is -2.53. The van der Waals surface area contributed by atoms with Gasteiger partial charge in [0.15, 0.2) is 12.7 Å². The Hall–Kier alpha value is -4.44. The Morgan fingerprint density at radius 2 is 1.32 bits per heavy atom. The molecule has 0 radical (unpaired) electrons. The lowest BCUT2D eigenvalue weighted by Gasteiger charge is -2.46. The molecule has 6 rings (SSSR count). The fraction of sp³-hybridized carbons (Fsp3) is 0.469. The minimum atomic E-state index is -0.445. The zero-order valence-corrected chi connectivity index (χ0v) is 36.6. The molecule has 59 heavy (non-hydrogen) atoms. The number of para-hydroxylation sites is 1. The van der Waals surface area contributed by atoms with Crippen LogP contribution in [0, 0.1) is 12.7 Å². The quantitative estimate of drug-likeness (QED) is 0.125. The summed E-state index contributed by atoms with van der Waals surface area (Å²) >= 11 is 5.85. The van der Waals surface area contributed by atoms with Crippen molar-refractivity contribution in [1.82, 2.24) is 20.4 Å². The summed E-state index contributed by atoms with van der Waals surface area (Å²) in [6.07, 6.45) is 9.89. The molecule has 1 unspecified atom stereocenters. The number of carbonyl (C=O) groups is 2. The van der Waals surface area contributed by atoms with Crippen molar-refractivity contribution < 1.29 is 23.5 Å². The van der Waals surface area contributed by atoms with Gasteiger partial charge in [-0.2, -0.15) is 0 Å². The fourth-order valence-corrected chi connectivity index (χ4v) is 8.71. The van der Waals surface area contributed by atoms with Crippen LogP contribution in [0.1, 0.15) is 81.4 Å². The van der Waals surface area contributed by atoms with E-state index in [-0.39, 0.29) is 47.4 Å². The van der Waals surface area contributed by atoms with Gasteiger partial charge in [0.1, 0.15) is 17.3 Å². The van der Waals surface area contributed by atoms with Gasteiger partial charge in [-0.1, -0.05) is 73.1 Å². The first kappa shape index (κ1) is 45.6. The van der Waals surface area contributed by atoms with Gasteiger partial charge in [-0.25, -0.2) is 4.39 Å². The SMILES string of the molecule is CCC(Oc1ccccc1)C(=O)NC1CCC(Cc2ccccc2C)(N(C)C)CC1.CN(C)C1(Cc2cccc(F)c2)CCC(NC(=O)COc2ccc(Cl)cc2)CC1. The van der Waals surface area contributed by atoms with E-state index in [4.69, 9.17) is 21.1 Å². The van der Waals surface area contributed by atoms with Crippen molar-refractivity contribution >= 4 is 23.4 Å². The van der Waals surface area contributed by atoms with E-state index in [0.29, 0.717) is 17.2 Å². The van der Waals surface area contributed by atoms with Crippen LogP contribution in [-0.2, 0) is 22.4 Å². The Labute approximate surface area is 356 Å². The van der Waals surface area contributed by atoms with Crippen LogP contribution >= 0.6 is 11.6 Å². The summed E-state index contributed by atoms with van der Waals surface area (Å²) in [7, 11) is 8.55. The van der Waals surface area contributed by atoms with Crippen molar-refractivity contribution in [2.75, 3.05) is 34.8 Å². The molecule has 4 aromatic carbocycles. The third-order valence-electron chi connectivity index (χ3n) is 12.5. The molecule has 2 aliphatic carbocycles. The first-order valence-electron chi connectivity index (χ1n) is 21.1. The van der Waals surface area contributed by atoms with Gasteiger partial charge in [-0.05, 0) is 171 Å². The molecule has 2 N–H and O–H groups in total. The molecule has 10 heteroatoms. The van der Waals surface area contributed by atoms with Crippen molar-refractivity contribution in [3.05, 3.63) is 131 Å². The molecule has 318 valence electrons. The summed E-state index contributed by atoms with van der Waals surface area (Å²) in [5.41, 5.74) is 3.93. The van der Waals surface area contributed by atoms with Gasteiger partial charge in [-0.15, -0.1) is 0 Å². The molecule has 0 spiro atoms. The number of likely N-dealkylation sites (N-methyl/N-ethyl adjacent to an activating group) is 2. The highest BCUT2D eigenvalue weighted by Crippen LogP contribution is 2.37. The van der Waals surface area contributed by atoms with Crippen LogP contribution in [0.4, 0.5) is 4.39 Å². The molecule has 2 fully saturated rings. The first-order chi connectivity index (χ1) is 28.3. The van der Waals surface area contributed by atoms with Crippen molar-refractivity contribution in [1.29, 1.82) is 0 Å². The predicted molar refractivity (Wildman–Crippen MR) is 237 cm³/mol. The Morgan fingerprint density at radius 1 is 0.746 bits per heavy atom. The molecule has 0 aromatic heterocycles. The molecule has 1 atom stereocenters. The van der Waals surface area contributed by atoms with Gasteiger partial charge in [0.25, 0.3) is 11.8 Å². The third-order valence-corrected chi connectivity index (χ3v) is 12.8. The number of nitrogens with one attached hydrogen (secondary N) is 2. The average Bonchev–Trinajstić information content (AvgIpc) is 3.22. The highest BCUT2D eigenvalue weighted by atomic mass is 35.5. The highest BCUT2D eigenvalue weighted by Gasteiger charge is 2.39. The Kier molecular flexibility index (Phi) is 16.8. The van der Waals surface area contributed by atoms with Crippen LogP contribution in [-0.4, -0.2) is 85.7 Å². The lowest BCUT2D eigenvalue weighted by atomic mass is 9.74.